The zero-order chi connectivity index (χ0) is 14.0. The Balaban J connectivity index is 1.72. The summed E-state index contributed by atoms with van der Waals surface area (Å²) in [5.74, 6) is 0.982. The molecule has 0 unspecified atom stereocenters. The van der Waals surface area contributed by atoms with E-state index in [1.807, 2.05) is 0 Å². The molecule has 0 bridgehead atoms. The second-order valence-corrected chi connectivity index (χ2v) is 5.80. The van der Waals surface area contributed by atoms with Gasteiger partial charge >= 0.3 is 0 Å². The third-order valence-corrected chi connectivity index (χ3v) is 4.08. The Morgan fingerprint density at radius 3 is 2.50 bits per heavy atom. The molecular weight excluding hydrogens is 248 g/mol. The first-order valence-electron chi connectivity index (χ1n) is 8.30. The number of hydrogen-bond donors (Lipinski definition) is 2. The second-order valence-electron chi connectivity index (χ2n) is 5.80. The van der Waals surface area contributed by atoms with Crippen molar-refractivity contribution < 1.29 is 0 Å². The summed E-state index contributed by atoms with van der Waals surface area (Å²) in [7, 11) is 0. The average molecular weight is 278 g/mol. The molecule has 0 aromatic carbocycles. The highest BCUT2D eigenvalue weighted by Gasteiger charge is 2.12. The van der Waals surface area contributed by atoms with E-state index in [9.17, 15) is 0 Å². The fraction of sp³-hybridized carbons (Fsp3) is 0.812. The Morgan fingerprint density at radius 2 is 1.85 bits per heavy atom. The number of aliphatic imine (C=N–C) groups is 1. The van der Waals surface area contributed by atoms with Gasteiger partial charge in [-0.25, -0.2) is 0 Å². The van der Waals surface area contributed by atoms with Gasteiger partial charge in [-0.2, -0.15) is 0 Å². The predicted molar refractivity (Wildman–Crippen MR) is 86.2 cm³/mol. The zero-order valence-electron chi connectivity index (χ0n) is 12.9. The van der Waals surface area contributed by atoms with Gasteiger partial charge in [0.15, 0.2) is 5.96 Å². The van der Waals surface area contributed by atoms with Crippen LogP contribution in [0.3, 0.4) is 0 Å². The Morgan fingerprint density at radius 1 is 1.15 bits per heavy atom. The van der Waals surface area contributed by atoms with Gasteiger partial charge in [-0.15, -0.1) is 0 Å². The second kappa shape index (κ2) is 9.01. The molecule has 1 heterocycles. The molecule has 2 aliphatic rings. The van der Waals surface area contributed by atoms with Crippen molar-refractivity contribution in [2.45, 2.75) is 51.5 Å². The Kier molecular flexibility index (Phi) is 6.92. The Hall–Kier alpha value is -1.03. The lowest BCUT2D eigenvalue weighted by molar-refractivity contribution is 0.293. The van der Waals surface area contributed by atoms with E-state index in [0.717, 1.165) is 38.4 Å². The van der Waals surface area contributed by atoms with Crippen molar-refractivity contribution in [3.63, 3.8) is 0 Å². The molecule has 4 heteroatoms. The van der Waals surface area contributed by atoms with Crippen molar-refractivity contribution in [1.29, 1.82) is 0 Å². The van der Waals surface area contributed by atoms with Gasteiger partial charge in [0.1, 0.15) is 0 Å². The Labute approximate surface area is 123 Å². The largest absolute Gasteiger partial charge is 0.357 e. The van der Waals surface area contributed by atoms with E-state index < -0.39 is 0 Å². The van der Waals surface area contributed by atoms with Crippen molar-refractivity contribution in [2.24, 2.45) is 4.99 Å². The summed E-state index contributed by atoms with van der Waals surface area (Å²) in [6.07, 6.45) is 12.3. The van der Waals surface area contributed by atoms with E-state index in [1.165, 1.54) is 38.8 Å². The zero-order valence-corrected chi connectivity index (χ0v) is 12.9. The monoisotopic (exact) mass is 278 g/mol. The first-order chi connectivity index (χ1) is 9.88. The molecule has 0 amide bonds. The molecule has 1 aliphatic heterocycles. The molecule has 0 radical (unpaired) electrons. The van der Waals surface area contributed by atoms with Gasteiger partial charge in [0.05, 0.1) is 6.54 Å². The van der Waals surface area contributed by atoms with Crippen LogP contribution in [-0.2, 0) is 0 Å². The van der Waals surface area contributed by atoms with Gasteiger partial charge in [-0.3, -0.25) is 4.99 Å². The minimum atomic E-state index is 0.533. The molecule has 0 aromatic heterocycles. The number of rotatable bonds is 5. The maximum Gasteiger partial charge on any atom is 0.191 e. The lowest BCUT2D eigenvalue weighted by atomic mass is 10.2. The van der Waals surface area contributed by atoms with Crippen LogP contribution in [0.5, 0.6) is 0 Å². The molecule has 2 N–H and O–H groups in total. The molecule has 114 valence electrons. The summed E-state index contributed by atoms with van der Waals surface area (Å²) in [5.41, 5.74) is 0. The van der Waals surface area contributed by atoms with Crippen LogP contribution in [-0.4, -0.2) is 49.6 Å². The Bertz CT molecular complexity index is 308. The van der Waals surface area contributed by atoms with Crippen molar-refractivity contribution >= 4 is 5.96 Å². The van der Waals surface area contributed by atoms with E-state index in [1.54, 1.807) is 0 Å². The minimum absolute atomic E-state index is 0.533. The summed E-state index contributed by atoms with van der Waals surface area (Å²) in [6, 6.07) is 0.533. The van der Waals surface area contributed by atoms with Crippen molar-refractivity contribution in [3.05, 3.63) is 12.2 Å². The van der Waals surface area contributed by atoms with Gasteiger partial charge in [-0.1, -0.05) is 25.0 Å². The van der Waals surface area contributed by atoms with Crippen molar-refractivity contribution in [2.75, 3.05) is 32.7 Å². The van der Waals surface area contributed by atoms with Crippen LogP contribution in [0.1, 0.15) is 45.4 Å². The predicted octanol–water partition coefficient (Wildman–Crippen LogP) is 2.14. The topological polar surface area (TPSA) is 39.7 Å². The third kappa shape index (κ3) is 5.53. The number of nitrogens with zero attached hydrogens (tertiary/aromatic N) is 2. The lowest BCUT2D eigenvalue weighted by Gasteiger charge is -2.20. The molecule has 0 aromatic rings. The summed E-state index contributed by atoms with van der Waals surface area (Å²) in [4.78, 5) is 7.29. The molecule has 0 saturated carbocycles. The van der Waals surface area contributed by atoms with E-state index in [0.29, 0.717) is 6.04 Å². The van der Waals surface area contributed by atoms with E-state index in [4.69, 9.17) is 4.99 Å². The average Bonchev–Trinajstić information content (AvgIpc) is 2.81. The number of nitrogens with one attached hydrogen (secondary N) is 2. The molecule has 20 heavy (non-hydrogen) atoms. The van der Waals surface area contributed by atoms with Gasteiger partial charge in [0.25, 0.3) is 0 Å². The highest BCUT2D eigenvalue weighted by Crippen LogP contribution is 2.10. The lowest BCUT2D eigenvalue weighted by Crippen LogP contribution is -2.43. The SMILES string of the molecule is CCNC(=NCCN1CCCCCC1)NC1CC=CC1. The standard InChI is InChI=1S/C16H30N4/c1-2-17-16(19-15-9-5-6-10-15)18-11-14-20-12-7-3-4-8-13-20/h5-6,15H,2-4,7-14H2,1H3,(H2,17,18,19). The summed E-state index contributed by atoms with van der Waals surface area (Å²) >= 11 is 0. The summed E-state index contributed by atoms with van der Waals surface area (Å²) in [5, 5.41) is 6.88. The van der Waals surface area contributed by atoms with E-state index in [-0.39, 0.29) is 0 Å². The van der Waals surface area contributed by atoms with Crippen molar-refractivity contribution in [3.8, 4) is 0 Å². The maximum absolute atomic E-state index is 4.73. The molecular formula is C16H30N4. The molecule has 0 atom stereocenters. The fourth-order valence-electron chi connectivity index (χ4n) is 2.91. The quantitative estimate of drug-likeness (QED) is 0.460. The molecule has 2 rings (SSSR count). The van der Waals surface area contributed by atoms with E-state index in [2.05, 4.69) is 34.6 Å². The third-order valence-electron chi connectivity index (χ3n) is 4.08. The van der Waals surface area contributed by atoms with Crippen LogP contribution < -0.4 is 10.6 Å². The molecule has 1 aliphatic carbocycles. The van der Waals surface area contributed by atoms with Gasteiger partial charge in [0, 0.05) is 19.1 Å². The van der Waals surface area contributed by atoms with Gasteiger partial charge < -0.3 is 15.5 Å². The van der Waals surface area contributed by atoms with Gasteiger partial charge in [0.2, 0.25) is 0 Å². The van der Waals surface area contributed by atoms with Crippen LogP contribution in [0.4, 0.5) is 0 Å². The van der Waals surface area contributed by atoms with Crippen LogP contribution in [0, 0.1) is 0 Å². The first-order valence-corrected chi connectivity index (χ1v) is 8.30. The van der Waals surface area contributed by atoms with Crippen molar-refractivity contribution in [1.82, 2.24) is 15.5 Å². The number of likely N-dealkylation sites (tertiary alicyclic amines) is 1. The maximum atomic E-state index is 4.73. The minimum Gasteiger partial charge on any atom is -0.357 e. The highest BCUT2D eigenvalue weighted by molar-refractivity contribution is 5.80. The highest BCUT2D eigenvalue weighted by atomic mass is 15.2. The molecule has 0 spiro atoms. The summed E-state index contributed by atoms with van der Waals surface area (Å²) < 4.78 is 0. The van der Waals surface area contributed by atoms with Crippen LogP contribution in [0.2, 0.25) is 0 Å². The first kappa shape index (κ1) is 15.4. The summed E-state index contributed by atoms with van der Waals surface area (Å²) in [6.45, 7) is 7.56. The van der Waals surface area contributed by atoms with Crippen LogP contribution in [0.15, 0.2) is 17.1 Å². The molecule has 4 nitrogen and oxygen atoms in total. The number of hydrogen-bond acceptors (Lipinski definition) is 2. The smallest absolute Gasteiger partial charge is 0.191 e. The molecule has 1 saturated heterocycles. The van der Waals surface area contributed by atoms with Crippen LogP contribution >= 0.6 is 0 Å². The normalized spacial score (nSPS) is 21.9. The fourth-order valence-corrected chi connectivity index (χ4v) is 2.91. The van der Waals surface area contributed by atoms with Crippen LogP contribution in [0.25, 0.3) is 0 Å². The molecule has 1 fully saturated rings. The number of guanidine groups is 1. The van der Waals surface area contributed by atoms with Gasteiger partial charge in [-0.05, 0) is 45.7 Å². The van der Waals surface area contributed by atoms with E-state index >= 15 is 0 Å².